The monoisotopic (exact) mass is 588 g/mol. The molecule has 0 radical (unpaired) electrons. The second kappa shape index (κ2) is 15.9. The molecule has 5 rings (SSSR count). The van der Waals surface area contributed by atoms with Crippen molar-refractivity contribution in [2.45, 2.75) is 25.0 Å². The number of rotatable bonds is 8. The van der Waals surface area contributed by atoms with Crippen LogP contribution in [0.1, 0.15) is 24.0 Å². The van der Waals surface area contributed by atoms with Crippen LogP contribution >= 0.6 is 0 Å². The maximum Gasteiger partial charge on any atom is 0.248 e. The number of hydrogen-bond acceptors (Lipinski definition) is 9. The summed E-state index contributed by atoms with van der Waals surface area (Å²) in [6, 6.07) is 16.1. The second-order valence-corrected chi connectivity index (χ2v) is 10.3. The van der Waals surface area contributed by atoms with Crippen LogP contribution in [0, 0.1) is 11.3 Å². The number of piperidine rings is 1. The van der Waals surface area contributed by atoms with Gasteiger partial charge in [0.2, 0.25) is 5.91 Å². The number of amides is 1. The number of aliphatic hydroxyl groups excluding tert-OH is 1. The van der Waals surface area contributed by atoms with Crippen molar-refractivity contribution in [3.63, 3.8) is 0 Å². The molecule has 3 fully saturated rings. The van der Waals surface area contributed by atoms with Gasteiger partial charge >= 0.3 is 0 Å². The molecular weight excluding hydrogens is 548 g/mol. The van der Waals surface area contributed by atoms with Crippen molar-refractivity contribution in [1.29, 1.82) is 5.26 Å². The van der Waals surface area contributed by atoms with Crippen LogP contribution in [-0.2, 0) is 9.53 Å². The third-order valence-electron chi connectivity index (χ3n) is 7.78. The van der Waals surface area contributed by atoms with Gasteiger partial charge in [-0.1, -0.05) is 0 Å². The van der Waals surface area contributed by atoms with Crippen LogP contribution in [0.15, 0.2) is 57.4 Å². The first-order chi connectivity index (χ1) is 21.1. The van der Waals surface area contributed by atoms with Crippen LogP contribution in [0.25, 0.3) is 0 Å². The van der Waals surface area contributed by atoms with E-state index in [1.807, 2.05) is 12.1 Å². The fraction of sp³-hybridized carbons (Fsp3) is 0.452. The number of likely N-dealkylation sites (tertiary alicyclic amines) is 1. The Kier molecular flexibility index (Phi) is 11.8. The third-order valence-corrected chi connectivity index (χ3v) is 7.78. The summed E-state index contributed by atoms with van der Waals surface area (Å²) < 4.78 is 11.4. The molecule has 3 saturated heterocycles. The summed E-state index contributed by atoms with van der Waals surface area (Å²) in [6.45, 7) is 9.97. The zero-order valence-electron chi connectivity index (χ0n) is 24.6. The summed E-state index contributed by atoms with van der Waals surface area (Å²) in [4.78, 5) is 31.1. The first-order valence-corrected chi connectivity index (χ1v) is 14.5. The number of hydrogen-bond donors (Lipinski definition) is 2. The Balaban J connectivity index is 0.00000207. The van der Waals surface area contributed by atoms with Gasteiger partial charge in [0.1, 0.15) is 30.9 Å². The lowest BCUT2D eigenvalue weighted by atomic mass is 10.1. The summed E-state index contributed by atoms with van der Waals surface area (Å²) in [5, 5.41) is 18.8. The normalized spacial score (nSPS) is 18.4. The van der Waals surface area contributed by atoms with Gasteiger partial charge in [-0.05, 0) is 56.2 Å². The molecule has 2 aromatic carbocycles. The fourth-order valence-electron chi connectivity index (χ4n) is 5.25. The van der Waals surface area contributed by atoms with Crippen molar-refractivity contribution in [2.24, 2.45) is 20.7 Å². The number of nitrogens with two attached hydrogens (primary N) is 1. The summed E-state index contributed by atoms with van der Waals surface area (Å²) in [5.41, 5.74) is 7.45. The van der Waals surface area contributed by atoms with Crippen molar-refractivity contribution in [2.75, 3.05) is 71.0 Å². The lowest BCUT2D eigenvalue weighted by Crippen LogP contribution is -2.56. The van der Waals surface area contributed by atoms with Gasteiger partial charge < -0.3 is 30.1 Å². The molecule has 12 heteroatoms. The molecule has 0 atom stereocenters. The smallest absolute Gasteiger partial charge is 0.248 e. The summed E-state index contributed by atoms with van der Waals surface area (Å²) in [7, 11) is 1.50. The zero-order chi connectivity index (χ0) is 30.6. The molecule has 3 aliphatic rings. The number of carbonyl (C=O) groups is 1. The highest BCUT2D eigenvalue weighted by Crippen LogP contribution is 2.25. The number of carbonyl (C=O) groups excluding carboxylic acids is 1. The Morgan fingerprint density at radius 3 is 2.40 bits per heavy atom. The van der Waals surface area contributed by atoms with Crippen LogP contribution < -0.4 is 15.4 Å². The number of benzene rings is 2. The number of nitriles is 1. The van der Waals surface area contributed by atoms with Crippen LogP contribution in [0.2, 0.25) is 0 Å². The molecule has 2 aromatic rings. The number of aliphatic hydroxyl groups is 1. The fourth-order valence-corrected chi connectivity index (χ4v) is 5.25. The van der Waals surface area contributed by atoms with E-state index in [0.29, 0.717) is 54.7 Å². The van der Waals surface area contributed by atoms with Crippen LogP contribution in [0.5, 0.6) is 5.75 Å². The minimum atomic E-state index is -0.487. The molecular formula is C31H40N8O4. The molecule has 0 spiro atoms. The standard InChI is InChI=1S/C30H35N7O4.CH5N/c1-32-30(22-2-7-28(23(16-22)17-31)41-27-8-10-37(11-9-27)29(39)18-38)34-21-33-24-3-5-25(6-4-24)35-12-14-36(15-13-35)26-19-40-20-26;1-2/h2-7,16,21,26-27,38H,1,8-15,18-20H2;2H2,1H3. The highest BCUT2D eigenvalue weighted by atomic mass is 16.5. The van der Waals surface area contributed by atoms with Crippen molar-refractivity contribution in [1.82, 2.24) is 9.80 Å². The quantitative estimate of drug-likeness (QED) is 0.350. The number of nitrogens with zero attached hydrogens (tertiary/aromatic N) is 7. The zero-order valence-corrected chi connectivity index (χ0v) is 24.6. The Morgan fingerprint density at radius 1 is 1.12 bits per heavy atom. The average molecular weight is 589 g/mol. The van der Waals surface area contributed by atoms with E-state index in [9.17, 15) is 10.1 Å². The molecule has 12 nitrogen and oxygen atoms in total. The summed E-state index contributed by atoms with van der Waals surface area (Å²) in [5.74, 6) is 0.539. The van der Waals surface area contributed by atoms with Gasteiger partial charge in [0.05, 0.1) is 30.5 Å². The topological polar surface area (TPSA) is 152 Å². The van der Waals surface area contributed by atoms with E-state index in [1.165, 1.54) is 19.1 Å². The van der Waals surface area contributed by atoms with E-state index in [0.717, 1.165) is 45.1 Å². The van der Waals surface area contributed by atoms with Gasteiger partial charge in [-0.3, -0.25) is 9.69 Å². The average Bonchev–Trinajstić information content (AvgIpc) is 3.04. The molecule has 3 heterocycles. The van der Waals surface area contributed by atoms with Crippen LogP contribution in [0.4, 0.5) is 11.4 Å². The van der Waals surface area contributed by atoms with Crippen molar-refractivity contribution >= 4 is 36.2 Å². The van der Waals surface area contributed by atoms with Crippen molar-refractivity contribution < 1.29 is 19.4 Å². The Morgan fingerprint density at radius 2 is 1.81 bits per heavy atom. The number of aliphatic imine (C=N–C) groups is 3. The first kappa shape index (κ1) is 31.8. The predicted molar refractivity (Wildman–Crippen MR) is 168 cm³/mol. The molecule has 43 heavy (non-hydrogen) atoms. The van der Waals surface area contributed by atoms with Crippen molar-refractivity contribution in [3.8, 4) is 11.8 Å². The summed E-state index contributed by atoms with van der Waals surface area (Å²) >= 11 is 0. The van der Waals surface area contributed by atoms with Gasteiger partial charge in [-0.2, -0.15) is 5.26 Å². The molecule has 1 amide bonds. The van der Waals surface area contributed by atoms with Gasteiger partial charge in [-0.25, -0.2) is 15.0 Å². The summed E-state index contributed by atoms with van der Waals surface area (Å²) in [6.07, 6.45) is 2.58. The van der Waals surface area contributed by atoms with E-state index in [-0.39, 0.29) is 12.0 Å². The number of ether oxygens (including phenoxy) is 2. The molecule has 3 aliphatic heterocycles. The van der Waals surface area contributed by atoms with Crippen LogP contribution in [-0.4, -0.2) is 118 Å². The Bertz CT molecular complexity index is 1320. The molecule has 0 bridgehead atoms. The largest absolute Gasteiger partial charge is 0.489 e. The lowest BCUT2D eigenvalue weighted by Gasteiger charge is -2.43. The molecule has 0 saturated carbocycles. The second-order valence-electron chi connectivity index (χ2n) is 10.3. The minimum absolute atomic E-state index is 0.119. The van der Waals surface area contributed by atoms with E-state index >= 15 is 0 Å². The highest BCUT2D eigenvalue weighted by Gasteiger charge is 2.29. The van der Waals surface area contributed by atoms with E-state index < -0.39 is 6.61 Å². The molecule has 228 valence electrons. The molecule has 0 aliphatic carbocycles. The Hall–Kier alpha value is -4.15. The van der Waals surface area contributed by atoms with Gasteiger partial charge in [-0.15, -0.1) is 0 Å². The van der Waals surface area contributed by atoms with Crippen LogP contribution in [0.3, 0.4) is 0 Å². The van der Waals surface area contributed by atoms with Gasteiger partial charge in [0, 0.05) is 63.4 Å². The minimum Gasteiger partial charge on any atom is -0.489 e. The van der Waals surface area contributed by atoms with Gasteiger partial charge in [0.15, 0.2) is 5.84 Å². The SMILES string of the molecule is C=NC(=NC=Nc1ccc(N2CCN(C3COC3)CC2)cc1)c1ccc(OC2CCN(C(=O)CO)CC2)c(C#N)c1.CN. The maximum atomic E-state index is 11.7. The third kappa shape index (κ3) is 8.24. The maximum absolute atomic E-state index is 11.7. The van der Waals surface area contributed by atoms with Gasteiger partial charge in [0.25, 0.3) is 0 Å². The van der Waals surface area contributed by atoms with E-state index in [2.05, 4.69) is 55.4 Å². The highest BCUT2D eigenvalue weighted by molar-refractivity contribution is 6.05. The van der Waals surface area contributed by atoms with E-state index in [1.54, 1.807) is 23.1 Å². The molecule has 0 unspecified atom stereocenters. The van der Waals surface area contributed by atoms with E-state index in [4.69, 9.17) is 14.6 Å². The predicted octanol–water partition coefficient (Wildman–Crippen LogP) is 1.82. The molecule has 3 N–H and O–H groups in total. The molecule has 0 aromatic heterocycles. The number of piperazine rings is 1. The Labute approximate surface area is 252 Å². The lowest BCUT2D eigenvalue weighted by molar-refractivity contribution is -0.135. The van der Waals surface area contributed by atoms with Crippen molar-refractivity contribution in [3.05, 3.63) is 53.6 Å². The number of anilines is 1. The first-order valence-electron chi connectivity index (χ1n) is 14.5. The number of amidine groups is 1.